The molecule has 0 aliphatic carbocycles. The molecule has 0 aliphatic heterocycles. The number of nitrogens with zero attached hydrogens (tertiary/aromatic N) is 1. The predicted molar refractivity (Wildman–Crippen MR) is 113 cm³/mol. The fourth-order valence-electron chi connectivity index (χ4n) is 2.87. The first-order valence-corrected chi connectivity index (χ1v) is 10.0. The smallest absolute Gasteiger partial charge is 0.224 e. The van der Waals surface area contributed by atoms with Crippen molar-refractivity contribution in [1.29, 1.82) is 0 Å². The van der Waals surface area contributed by atoms with E-state index >= 15 is 0 Å². The molecule has 3 nitrogen and oxygen atoms in total. The van der Waals surface area contributed by atoms with Crippen LogP contribution in [0, 0.1) is 0 Å². The second-order valence-corrected chi connectivity index (χ2v) is 8.91. The molecule has 3 rings (SSSR count). The maximum Gasteiger partial charge on any atom is 0.224 e. The van der Waals surface area contributed by atoms with Crippen LogP contribution in [0.1, 0.15) is 49.7 Å². The fraction of sp³-hybridized carbons (Fsp3) is 0.304. The minimum absolute atomic E-state index is 0.0284. The molecule has 140 valence electrons. The van der Waals surface area contributed by atoms with Gasteiger partial charge in [0, 0.05) is 16.6 Å². The molecule has 1 atom stereocenters. The van der Waals surface area contributed by atoms with Crippen molar-refractivity contribution < 1.29 is 4.79 Å². The SMILES string of the molecule is CC(NC(=O)Cc1ccc(C(C)(C)C)cc1)c1cnc(-c2ccccc2)s1. The summed E-state index contributed by atoms with van der Waals surface area (Å²) >= 11 is 1.62. The third kappa shape index (κ3) is 5.04. The van der Waals surface area contributed by atoms with Crippen LogP contribution in [0.4, 0.5) is 0 Å². The van der Waals surface area contributed by atoms with Gasteiger partial charge in [-0.15, -0.1) is 11.3 Å². The molecule has 2 aromatic carbocycles. The van der Waals surface area contributed by atoms with E-state index in [9.17, 15) is 4.79 Å². The monoisotopic (exact) mass is 378 g/mol. The topological polar surface area (TPSA) is 42.0 Å². The van der Waals surface area contributed by atoms with Gasteiger partial charge < -0.3 is 5.32 Å². The Balaban J connectivity index is 1.60. The molecule has 0 saturated heterocycles. The molecule has 27 heavy (non-hydrogen) atoms. The number of benzene rings is 2. The number of aromatic nitrogens is 1. The summed E-state index contributed by atoms with van der Waals surface area (Å²) in [6, 6.07) is 18.4. The Morgan fingerprint density at radius 1 is 1.07 bits per heavy atom. The molecule has 0 fully saturated rings. The minimum Gasteiger partial charge on any atom is -0.348 e. The van der Waals surface area contributed by atoms with Gasteiger partial charge in [-0.3, -0.25) is 4.79 Å². The molecule has 0 aliphatic rings. The van der Waals surface area contributed by atoms with Gasteiger partial charge in [0.25, 0.3) is 0 Å². The lowest BCUT2D eigenvalue weighted by molar-refractivity contribution is -0.121. The van der Waals surface area contributed by atoms with Gasteiger partial charge in [0.2, 0.25) is 5.91 Å². The van der Waals surface area contributed by atoms with E-state index in [4.69, 9.17) is 0 Å². The second kappa shape index (κ2) is 8.05. The van der Waals surface area contributed by atoms with Gasteiger partial charge in [-0.2, -0.15) is 0 Å². The molecule has 1 aromatic heterocycles. The molecule has 0 radical (unpaired) electrons. The maximum atomic E-state index is 12.4. The molecule has 1 heterocycles. The van der Waals surface area contributed by atoms with Crippen molar-refractivity contribution in [3.63, 3.8) is 0 Å². The van der Waals surface area contributed by atoms with Crippen LogP contribution in [0.25, 0.3) is 10.6 Å². The molecule has 0 saturated carbocycles. The summed E-state index contributed by atoms with van der Waals surface area (Å²) in [7, 11) is 0. The Hall–Kier alpha value is -2.46. The van der Waals surface area contributed by atoms with Crippen LogP contribution in [0.3, 0.4) is 0 Å². The first-order valence-electron chi connectivity index (χ1n) is 9.23. The average molecular weight is 379 g/mol. The van der Waals surface area contributed by atoms with Crippen molar-refractivity contribution in [3.05, 3.63) is 76.8 Å². The Morgan fingerprint density at radius 3 is 2.37 bits per heavy atom. The lowest BCUT2D eigenvalue weighted by Gasteiger charge is -2.19. The van der Waals surface area contributed by atoms with Crippen LogP contribution >= 0.6 is 11.3 Å². The summed E-state index contributed by atoms with van der Waals surface area (Å²) in [5.74, 6) is 0.0284. The van der Waals surface area contributed by atoms with Gasteiger partial charge in [-0.05, 0) is 23.5 Å². The second-order valence-electron chi connectivity index (χ2n) is 7.85. The van der Waals surface area contributed by atoms with Crippen molar-refractivity contribution in [3.8, 4) is 10.6 Å². The molecule has 1 unspecified atom stereocenters. The Morgan fingerprint density at radius 2 is 1.74 bits per heavy atom. The van der Waals surface area contributed by atoms with Gasteiger partial charge in [-0.1, -0.05) is 75.4 Å². The molecule has 0 spiro atoms. The van der Waals surface area contributed by atoms with E-state index in [1.165, 1.54) is 5.56 Å². The standard InChI is InChI=1S/C23H26N2OS/c1-16(20-15-24-22(27-20)18-8-6-5-7-9-18)25-21(26)14-17-10-12-19(13-11-17)23(2,3)4/h5-13,15-16H,14H2,1-4H3,(H,25,26). The maximum absolute atomic E-state index is 12.4. The summed E-state index contributed by atoms with van der Waals surface area (Å²) in [5.41, 5.74) is 3.53. The van der Waals surface area contributed by atoms with E-state index in [1.54, 1.807) is 11.3 Å². The highest BCUT2D eigenvalue weighted by Crippen LogP contribution is 2.28. The van der Waals surface area contributed by atoms with E-state index in [-0.39, 0.29) is 17.4 Å². The van der Waals surface area contributed by atoms with Gasteiger partial charge in [-0.25, -0.2) is 4.98 Å². The Labute approximate surface area is 165 Å². The van der Waals surface area contributed by atoms with E-state index < -0.39 is 0 Å². The number of amides is 1. The summed E-state index contributed by atoms with van der Waals surface area (Å²) in [4.78, 5) is 18.0. The highest BCUT2D eigenvalue weighted by atomic mass is 32.1. The fourth-order valence-corrected chi connectivity index (χ4v) is 3.80. The summed E-state index contributed by atoms with van der Waals surface area (Å²) in [6.45, 7) is 8.57. The first kappa shape index (κ1) is 19.3. The molecule has 1 amide bonds. The minimum atomic E-state index is -0.0543. The van der Waals surface area contributed by atoms with E-state index in [0.717, 1.165) is 21.0 Å². The van der Waals surface area contributed by atoms with Crippen molar-refractivity contribution in [2.75, 3.05) is 0 Å². The number of thiazole rings is 1. The average Bonchev–Trinajstić information content (AvgIpc) is 3.12. The van der Waals surface area contributed by atoms with E-state index in [1.807, 2.05) is 55.6 Å². The molecule has 1 N–H and O–H groups in total. The predicted octanol–water partition coefficient (Wildman–Crippen LogP) is 5.53. The Bertz CT molecular complexity index is 892. The molecule has 0 bridgehead atoms. The summed E-state index contributed by atoms with van der Waals surface area (Å²) < 4.78 is 0. The van der Waals surface area contributed by atoms with Crippen molar-refractivity contribution in [2.45, 2.75) is 45.6 Å². The van der Waals surface area contributed by atoms with E-state index in [2.05, 4.69) is 43.2 Å². The first-order chi connectivity index (χ1) is 12.8. The number of carbonyl (C=O) groups is 1. The van der Waals surface area contributed by atoms with Crippen LogP contribution in [-0.2, 0) is 16.6 Å². The molecule has 4 heteroatoms. The van der Waals surface area contributed by atoms with E-state index in [0.29, 0.717) is 6.42 Å². The third-order valence-corrected chi connectivity index (χ3v) is 5.76. The number of rotatable bonds is 5. The summed E-state index contributed by atoms with van der Waals surface area (Å²) in [6.07, 6.45) is 2.25. The zero-order valence-electron chi connectivity index (χ0n) is 16.3. The largest absolute Gasteiger partial charge is 0.348 e. The van der Waals surface area contributed by atoms with Crippen LogP contribution in [0.5, 0.6) is 0 Å². The highest BCUT2D eigenvalue weighted by molar-refractivity contribution is 7.15. The van der Waals surface area contributed by atoms with Crippen molar-refractivity contribution in [2.24, 2.45) is 0 Å². The Kier molecular flexibility index (Phi) is 5.76. The molecular weight excluding hydrogens is 352 g/mol. The van der Waals surface area contributed by atoms with Crippen LogP contribution in [-0.4, -0.2) is 10.9 Å². The van der Waals surface area contributed by atoms with Crippen LogP contribution < -0.4 is 5.32 Å². The van der Waals surface area contributed by atoms with Gasteiger partial charge in [0.15, 0.2) is 0 Å². The summed E-state index contributed by atoms with van der Waals surface area (Å²) in [5, 5.41) is 4.06. The number of hydrogen-bond donors (Lipinski definition) is 1. The number of carbonyl (C=O) groups excluding carboxylic acids is 1. The van der Waals surface area contributed by atoms with Crippen molar-refractivity contribution in [1.82, 2.24) is 10.3 Å². The van der Waals surface area contributed by atoms with Crippen LogP contribution in [0.15, 0.2) is 60.8 Å². The highest BCUT2D eigenvalue weighted by Gasteiger charge is 2.15. The van der Waals surface area contributed by atoms with Gasteiger partial charge in [0.1, 0.15) is 5.01 Å². The molecular formula is C23H26N2OS. The zero-order chi connectivity index (χ0) is 19.4. The van der Waals surface area contributed by atoms with Gasteiger partial charge >= 0.3 is 0 Å². The lowest BCUT2D eigenvalue weighted by Crippen LogP contribution is -2.27. The quantitative estimate of drug-likeness (QED) is 0.634. The lowest BCUT2D eigenvalue weighted by atomic mass is 9.86. The normalized spacial score (nSPS) is 12.6. The number of hydrogen-bond acceptors (Lipinski definition) is 3. The molecule has 3 aromatic rings. The third-order valence-electron chi connectivity index (χ3n) is 4.53. The zero-order valence-corrected chi connectivity index (χ0v) is 17.1. The van der Waals surface area contributed by atoms with Crippen molar-refractivity contribution >= 4 is 17.2 Å². The van der Waals surface area contributed by atoms with Crippen LogP contribution in [0.2, 0.25) is 0 Å². The number of nitrogens with one attached hydrogen (secondary N) is 1. The van der Waals surface area contributed by atoms with Gasteiger partial charge in [0.05, 0.1) is 12.5 Å².